The largest absolute Gasteiger partial charge is 0.461 e. The molecule has 32 heavy (non-hydrogen) atoms. The molecule has 1 aromatic carbocycles. The fourth-order valence-electron chi connectivity index (χ4n) is 4.59. The summed E-state index contributed by atoms with van der Waals surface area (Å²) in [4.78, 5) is 39.0. The molecule has 4 atom stereocenters. The number of halogens is 2. The third-order valence-electron chi connectivity index (χ3n) is 6.46. The summed E-state index contributed by atoms with van der Waals surface area (Å²) in [5.41, 5.74) is -1.05. The van der Waals surface area contributed by atoms with E-state index < -0.39 is 36.6 Å². The highest BCUT2D eigenvalue weighted by molar-refractivity contribution is 6.08. The number of hydrogen-bond acceptors (Lipinski definition) is 5. The summed E-state index contributed by atoms with van der Waals surface area (Å²) in [5, 5.41) is 2.59. The van der Waals surface area contributed by atoms with Crippen molar-refractivity contribution in [3.8, 4) is 5.75 Å². The van der Waals surface area contributed by atoms with Gasteiger partial charge in [0.1, 0.15) is 23.9 Å². The summed E-state index contributed by atoms with van der Waals surface area (Å²) in [7, 11) is 0. The van der Waals surface area contributed by atoms with Crippen LogP contribution in [0.2, 0.25) is 0 Å². The van der Waals surface area contributed by atoms with Gasteiger partial charge in [-0.3, -0.25) is 14.5 Å². The molecule has 1 aliphatic heterocycles. The van der Waals surface area contributed by atoms with Gasteiger partial charge in [-0.15, -0.1) is 0 Å². The Morgan fingerprint density at radius 3 is 2.47 bits per heavy atom. The van der Waals surface area contributed by atoms with E-state index in [4.69, 9.17) is 4.74 Å². The fourth-order valence-corrected chi connectivity index (χ4v) is 4.59. The van der Waals surface area contributed by atoms with Crippen molar-refractivity contribution >= 4 is 17.9 Å². The number of nitrogens with one attached hydrogen (secondary N) is 1. The summed E-state index contributed by atoms with van der Waals surface area (Å²) in [6.07, 6.45) is 2.59. The number of benzene rings is 1. The van der Waals surface area contributed by atoms with Gasteiger partial charge in [-0.2, -0.15) is 8.78 Å². The number of ether oxygens (including phenoxy) is 2. The molecule has 1 heterocycles. The molecule has 0 radical (unpaired) electrons. The number of hydrogen-bond donors (Lipinski definition) is 1. The van der Waals surface area contributed by atoms with E-state index in [0.29, 0.717) is 17.4 Å². The number of alkyl halides is 2. The van der Waals surface area contributed by atoms with Gasteiger partial charge in [0, 0.05) is 0 Å². The van der Waals surface area contributed by atoms with Crippen LogP contribution in [0.25, 0.3) is 0 Å². The lowest BCUT2D eigenvalue weighted by Gasteiger charge is -2.36. The Labute approximate surface area is 186 Å². The van der Waals surface area contributed by atoms with Crippen LogP contribution in [0, 0.1) is 17.8 Å². The maximum absolute atomic E-state index is 13.0. The normalized spacial score (nSPS) is 28.2. The molecule has 0 aromatic heterocycles. The van der Waals surface area contributed by atoms with E-state index >= 15 is 0 Å². The maximum atomic E-state index is 13.0. The minimum atomic E-state index is -2.96. The van der Waals surface area contributed by atoms with Crippen molar-refractivity contribution in [2.24, 2.45) is 17.8 Å². The van der Waals surface area contributed by atoms with Crippen LogP contribution in [0.1, 0.15) is 52.5 Å². The van der Waals surface area contributed by atoms with Gasteiger partial charge in [-0.05, 0) is 55.2 Å². The summed E-state index contributed by atoms with van der Waals surface area (Å²) in [6, 6.07) is 4.72. The Morgan fingerprint density at radius 1 is 1.22 bits per heavy atom. The van der Waals surface area contributed by atoms with E-state index in [9.17, 15) is 23.2 Å². The average molecular weight is 452 g/mol. The minimum Gasteiger partial charge on any atom is -0.461 e. The van der Waals surface area contributed by atoms with Crippen LogP contribution in [0.15, 0.2) is 24.3 Å². The van der Waals surface area contributed by atoms with Crippen molar-refractivity contribution < 1.29 is 32.6 Å². The zero-order valence-corrected chi connectivity index (χ0v) is 18.8. The van der Waals surface area contributed by atoms with E-state index in [1.165, 1.54) is 31.2 Å². The Bertz CT molecular complexity index is 860. The number of urea groups is 1. The van der Waals surface area contributed by atoms with Crippen molar-refractivity contribution in [1.82, 2.24) is 10.2 Å². The molecule has 1 saturated carbocycles. The number of amides is 3. The maximum Gasteiger partial charge on any atom is 0.387 e. The van der Waals surface area contributed by atoms with Crippen LogP contribution in [0.4, 0.5) is 13.6 Å². The van der Waals surface area contributed by atoms with E-state index in [0.717, 1.165) is 24.2 Å². The zero-order chi connectivity index (χ0) is 23.6. The minimum absolute atomic E-state index is 0.0639. The third kappa shape index (κ3) is 5.02. The van der Waals surface area contributed by atoms with Crippen LogP contribution in [-0.4, -0.2) is 42.1 Å². The first kappa shape index (κ1) is 23.9. The number of nitrogens with zero attached hydrogens (tertiary/aromatic N) is 1. The molecule has 2 fully saturated rings. The second-order valence-corrected chi connectivity index (χ2v) is 9.20. The number of rotatable bonds is 7. The highest BCUT2D eigenvalue weighted by Crippen LogP contribution is 2.36. The van der Waals surface area contributed by atoms with Crippen molar-refractivity contribution in [3.05, 3.63) is 29.8 Å². The van der Waals surface area contributed by atoms with Gasteiger partial charge in [0.05, 0.1) is 0 Å². The Kier molecular flexibility index (Phi) is 7.05. The second-order valence-electron chi connectivity index (χ2n) is 9.20. The number of esters is 1. The first-order valence-corrected chi connectivity index (χ1v) is 10.9. The number of imide groups is 1. The molecule has 176 valence electrons. The first-order chi connectivity index (χ1) is 15.0. The quantitative estimate of drug-likeness (QED) is 0.498. The third-order valence-corrected chi connectivity index (χ3v) is 6.46. The Morgan fingerprint density at radius 2 is 1.88 bits per heavy atom. The van der Waals surface area contributed by atoms with E-state index in [1.807, 2.05) is 0 Å². The van der Waals surface area contributed by atoms with Gasteiger partial charge in [-0.25, -0.2) is 4.79 Å². The van der Waals surface area contributed by atoms with Gasteiger partial charge in [0.25, 0.3) is 5.91 Å². The summed E-state index contributed by atoms with van der Waals surface area (Å²) >= 11 is 0. The predicted molar refractivity (Wildman–Crippen MR) is 112 cm³/mol. The summed E-state index contributed by atoms with van der Waals surface area (Å²) < 4.78 is 34.7. The predicted octanol–water partition coefficient (Wildman–Crippen LogP) is 4.06. The number of carbonyl (C=O) groups excluding carboxylic acids is 3. The molecule has 1 aliphatic carbocycles. The first-order valence-electron chi connectivity index (χ1n) is 10.9. The molecule has 4 unspecified atom stereocenters. The molecular weight excluding hydrogens is 422 g/mol. The molecule has 7 nitrogen and oxygen atoms in total. The SMILES string of the molecule is CC1CCC(C(C)C)C(OC(=O)CN2C(=O)NC(C)(c3ccc(OC(F)F)cc3)C2=O)C1. The lowest BCUT2D eigenvalue weighted by atomic mass is 9.75. The molecule has 3 rings (SSSR count). The van der Waals surface area contributed by atoms with E-state index in [1.54, 1.807) is 0 Å². The van der Waals surface area contributed by atoms with Gasteiger partial charge in [-0.1, -0.05) is 39.3 Å². The van der Waals surface area contributed by atoms with Crippen LogP contribution in [0.3, 0.4) is 0 Å². The van der Waals surface area contributed by atoms with E-state index in [-0.39, 0.29) is 17.8 Å². The Hall–Kier alpha value is -2.71. The fraction of sp³-hybridized carbons (Fsp3) is 0.609. The van der Waals surface area contributed by atoms with Crippen LogP contribution >= 0.6 is 0 Å². The van der Waals surface area contributed by atoms with Gasteiger partial charge in [0.2, 0.25) is 0 Å². The van der Waals surface area contributed by atoms with E-state index in [2.05, 4.69) is 30.8 Å². The molecule has 9 heteroatoms. The summed E-state index contributed by atoms with van der Waals surface area (Å²) in [5.74, 6) is -0.247. The number of carbonyl (C=O) groups is 3. The smallest absolute Gasteiger partial charge is 0.387 e. The molecule has 0 bridgehead atoms. The summed E-state index contributed by atoms with van der Waals surface area (Å²) in [6.45, 7) is 4.37. The van der Waals surface area contributed by atoms with Crippen LogP contribution < -0.4 is 10.1 Å². The lowest BCUT2D eigenvalue weighted by Crippen LogP contribution is -2.43. The van der Waals surface area contributed by atoms with Crippen LogP contribution in [-0.2, 0) is 19.9 Å². The van der Waals surface area contributed by atoms with Crippen molar-refractivity contribution in [2.75, 3.05) is 6.54 Å². The molecule has 1 aromatic rings. The zero-order valence-electron chi connectivity index (χ0n) is 18.8. The van der Waals surface area contributed by atoms with Crippen molar-refractivity contribution in [2.45, 2.75) is 65.2 Å². The average Bonchev–Trinajstić information content (AvgIpc) is 2.91. The lowest BCUT2D eigenvalue weighted by molar-refractivity contribution is -0.158. The molecular formula is C23H30F2N2O5. The monoisotopic (exact) mass is 452 g/mol. The van der Waals surface area contributed by atoms with Gasteiger partial charge in [0.15, 0.2) is 0 Å². The second kappa shape index (κ2) is 9.42. The van der Waals surface area contributed by atoms with Crippen molar-refractivity contribution in [1.29, 1.82) is 0 Å². The highest BCUT2D eigenvalue weighted by atomic mass is 19.3. The molecule has 3 amide bonds. The molecule has 2 aliphatic rings. The molecule has 0 spiro atoms. The Balaban J connectivity index is 1.68. The highest BCUT2D eigenvalue weighted by Gasteiger charge is 2.50. The topological polar surface area (TPSA) is 84.9 Å². The van der Waals surface area contributed by atoms with Gasteiger partial charge >= 0.3 is 18.6 Å². The molecule has 1 saturated heterocycles. The standard InChI is InChI=1S/C23H30F2N2O5/c1-13(2)17-10-5-14(3)11-18(17)32-19(28)12-27-20(29)23(4,26-22(27)30)15-6-8-16(9-7-15)31-21(24)25/h6-9,13-14,17-18,21H,5,10-12H2,1-4H3,(H,26,30). The van der Waals surface area contributed by atoms with Crippen molar-refractivity contribution in [3.63, 3.8) is 0 Å². The van der Waals surface area contributed by atoms with Crippen LogP contribution in [0.5, 0.6) is 5.75 Å². The molecule has 1 N–H and O–H groups in total. The van der Waals surface area contributed by atoms with Gasteiger partial charge < -0.3 is 14.8 Å².